The van der Waals surface area contributed by atoms with Crippen LogP contribution in [0.2, 0.25) is 0 Å². The van der Waals surface area contributed by atoms with E-state index in [-0.39, 0.29) is 17.4 Å². The van der Waals surface area contributed by atoms with Crippen molar-refractivity contribution in [3.05, 3.63) is 47.8 Å². The van der Waals surface area contributed by atoms with Crippen molar-refractivity contribution in [2.45, 2.75) is 37.3 Å². The van der Waals surface area contributed by atoms with Gasteiger partial charge in [-0.25, -0.2) is 0 Å². The number of ether oxygens (including phenoxy) is 1. The molecule has 1 aromatic carbocycles. The number of hydrogen-bond donors (Lipinski definition) is 0. The van der Waals surface area contributed by atoms with Gasteiger partial charge in [-0.2, -0.15) is 5.10 Å². The number of aryl methyl sites for hydroxylation is 1. The topological polar surface area (TPSA) is 50.6 Å². The van der Waals surface area contributed by atoms with E-state index in [0.717, 1.165) is 38.2 Å². The van der Waals surface area contributed by atoms with Gasteiger partial charge in [0.1, 0.15) is 5.75 Å². The molecule has 27 heavy (non-hydrogen) atoms. The van der Waals surface area contributed by atoms with Crippen molar-refractivity contribution < 1.29 is 9.53 Å². The predicted octanol–water partition coefficient (Wildman–Crippen LogP) is 2.41. The lowest BCUT2D eigenvalue weighted by Gasteiger charge is -2.46. The molecular formula is C21H28N4O2. The van der Waals surface area contributed by atoms with Crippen LogP contribution in [-0.2, 0) is 18.4 Å². The van der Waals surface area contributed by atoms with Crippen LogP contribution in [0.15, 0.2) is 36.7 Å². The number of aromatic nitrogens is 2. The van der Waals surface area contributed by atoms with E-state index in [9.17, 15) is 4.79 Å². The molecule has 1 atom stereocenters. The van der Waals surface area contributed by atoms with E-state index in [2.05, 4.69) is 28.3 Å². The van der Waals surface area contributed by atoms with Crippen molar-refractivity contribution in [1.29, 1.82) is 0 Å². The molecule has 3 heterocycles. The fraction of sp³-hybridized carbons (Fsp3) is 0.524. The molecule has 2 fully saturated rings. The number of rotatable bonds is 4. The summed E-state index contributed by atoms with van der Waals surface area (Å²) in [6.07, 6.45) is 6.61. The second-order valence-corrected chi connectivity index (χ2v) is 7.88. The van der Waals surface area contributed by atoms with Crippen LogP contribution in [0, 0.1) is 0 Å². The van der Waals surface area contributed by atoms with Crippen molar-refractivity contribution >= 4 is 5.91 Å². The van der Waals surface area contributed by atoms with Crippen molar-refractivity contribution in [2.24, 2.45) is 7.05 Å². The molecule has 0 radical (unpaired) electrons. The fourth-order valence-corrected chi connectivity index (χ4v) is 4.80. The van der Waals surface area contributed by atoms with Crippen molar-refractivity contribution in [3.63, 3.8) is 0 Å². The van der Waals surface area contributed by atoms with E-state index in [4.69, 9.17) is 4.74 Å². The SMILES string of the molecule is COc1ccc(CN2CCC3(CC2)[C@H](c2cnn(C)c2)CC(=O)N3C)cc1. The second-order valence-electron chi connectivity index (χ2n) is 7.88. The fourth-order valence-electron chi connectivity index (χ4n) is 4.80. The molecule has 0 bridgehead atoms. The number of hydrogen-bond acceptors (Lipinski definition) is 4. The van der Waals surface area contributed by atoms with Crippen LogP contribution < -0.4 is 4.74 Å². The first-order valence-corrected chi connectivity index (χ1v) is 9.62. The number of amides is 1. The Kier molecular flexibility index (Phi) is 4.68. The van der Waals surface area contributed by atoms with E-state index in [1.54, 1.807) is 7.11 Å². The molecule has 2 aliphatic heterocycles. The lowest BCUT2D eigenvalue weighted by Crippen LogP contribution is -2.53. The molecule has 144 valence electrons. The summed E-state index contributed by atoms with van der Waals surface area (Å²) in [6.45, 7) is 2.94. The maximum absolute atomic E-state index is 12.5. The van der Waals surface area contributed by atoms with Gasteiger partial charge in [0.2, 0.25) is 5.91 Å². The zero-order valence-electron chi connectivity index (χ0n) is 16.4. The standard InChI is InChI=1S/C21H28N4O2/c1-23-15-17(13-22-23)19-12-20(26)24(2)21(19)8-10-25(11-9-21)14-16-4-6-18(27-3)7-5-16/h4-7,13,15,19H,8-12,14H2,1-3H3/t19-/m0/s1. The third kappa shape index (κ3) is 3.23. The third-order valence-corrected chi connectivity index (χ3v) is 6.48. The highest BCUT2D eigenvalue weighted by Crippen LogP contribution is 2.48. The first-order chi connectivity index (χ1) is 13.0. The first-order valence-electron chi connectivity index (χ1n) is 9.62. The highest BCUT2D eigenvalue weighted by atomic mass is 16.5. The zero-order valence-corrected chi connectivity index (χ0v) is 16.4. The van der Waals surface area contributed by atoms with Gasteiger partial charge in [0.15, 0.2) is 0 Å². The predicted molar refractivity (Wildman–Crippen MR) is 104 cm³/mol. The summed E-state index contributed by atoms with van der Waals surface area (Å²) in [7, 11) is 5.61. The summed E-state index contributed by atoms with van der Waals surface area (Å²) in [4.78, 5) is 17.1. The van der Waals surface area contributed by atoms with E-state index >= 15 is 0 Å². The maximum atomic E-state index is 12.5. The molecule has 4 rings (SSSR count). The van der Waals surface area contributed by atoms with E-state index in [1.165, 1.54) is 11.1 Å². The quantitative estimate of drug-likeness (QED) is 0.832. The largest absolute Gasteiger partial charge is 0.497 e. The lowest BCUT2D eigenvalue weighted by atomic mass is 9.74. The molecule has 6 heteroatoms. The number of likely N-dealkylation sites (N-methyl/N-ethyl adjacent to an activating group) is 1. The number of carbonyl (C=O) groups is 1. The van der Waals surface area contributed by atoms with Crippen molar-refractivity contribution in [3.8, 4) is 5.75 Å². The van der Waals surface area contributed by atoms with Gasteiger partial charge in [-0.15, -0.1) is 0 Å². The van der Waals surface area contributed by atoms with Crippen molar-refractivity contribution in [2.75, 3.05) is 27.2 Å². The van der Waals surface area contributed by atoms with Crippen LogP contribution in [-0.4, -0.2) is 58.3 Å². The Morgan fingerprint density at radius 1 is 1.19 bits per heavy atom. The maximum Gasteiger partial charge on any atom is 0.223 e. The summed E-state index contributed by atoms with van der Waals surface area (Å²) in [5, 5.41) is 4.34. The molecular weight excluding hydrogens is 340 g/mol. The molecule has 2 aromatic rings. The number of nitrogens with zero attached hydrogens (tertiary/aromatic N) is 4. The molecule has 6 nitrogen and oxygen atoms in total. The van der Waals surface area contributed by atoms with E-state index in [0.29, 0.717) is 6.42 Å². The normalized spacial score (nSPS) is 22.6. The summed E-state index contributed by atoms with van der Waals surface area (Å²) >= 11 is 0. The van der Waals surface area contributed by atoms with Crippen LogP contribution in [0.25, 0.3) is 0 Å². The summed E-state index contributed by atoms with van der Waals surface area (Å²) in [5.41, 5.74) is 2.42. The molecule has 0 aliphatic carbocycles. The number of methoxy groups -OCH3 is 1. The van der Waals surface area contributed by atoms with Gasteiger partial charge in [-0.1, -0.05) is 12.1 Å². The van der Waals surface area contributed by atoms with E-state index < -0.39 is 0 Å². The zero-order chi connectivity index (χ0) is 19.0. The minimum atomic E-state index is -0.0729. The van der Waals surface area contributed by atoms with Gasteiger partial charge in [0.05, 0.1) is 18.8 Å². The van der Waals surface area contributed by atoms with Crippen LogP contribution in [0.4, 0.5) is 0 Å². The Labute approximate surface area is 160 Å². The Morgan fingerprint density at radius 2 is 1.89 bits per heavy atom. The molecule has 0 saturated carbocycles. The van der Waals surface area contributed by atoms with Gasteiger partial charge in [-0.05, 0) is 36.1 Å². The Hall–Kier alpha value is -2.34. The number of likely N-dealkylation sites (tertiary alicyclic amines) is 2. The average Bonchev–Trinajstić information content (AvgIpc) is 3.21. The molecule has 1 aromatic heterocycles. The van der Waals surface area contributed by atoms with Gasteiger partial charge in [0.25, 0.3) is 0 Å². The van der Waals surface area contributed by atoms with E-state index in [1.807, 2.05) is 42.0 Å². The monoisotopic (exact) mass is 368 g/mol. The van der Waals surface area contributed by atoms with Crippen LogP contribution >= 0.6 is 0 Å². The van der Waals surface area contributed by atoms with Crippen molar-refractivity contribution in [1.82, 2.24) is 19.6 Å². The van der Waals surface area contributed by atoms with Crippen LogP contribution in [0.5, 0.6) is 5.75 Å². The Balaban J connectivity index is 1.47. The third-order valence-electron chi connectivity index (χ3n) is 6.48. The average molecular weight is 368 g/mol. The Morgan fingerprint density at radius 3 is 2.48 bits per heavy atom. The molecule has 0 unspecified atom stereocenters. The summed E-state index contributed by atoms with van der Waals surface area (Å²) in [5.74, 6) is 1.39. The van der Waals surface area contributed by atoms with Crippen LogP contribution in [0.1, 0.15) is 36.3 Å². The second kappa shape index (κ2) is 7.00. The highest BCUT2D eigenvalue weighted by Gasteiger charge is 2.52. The number of piperidine rings is 1. The minimum Gasteiger partial charge on any atom is -0.497 e. The van der Waals surface area contributed by atoms with Gasteiger partial charge < -0.3 is 9.64 Å². The molecule has 1 amide bonds. The Bertz CT molecular complexity index is 806. The van der Waals surface area contributed by atoms with Gasteiger partial charge >= 0.3 is 0 Å². The molecule has 0 N–H and O–H groups in total. The molecule has 2 saturated heterocycles. The first kappa shape index (κ1) is 18.0. The van der Waals surface area contributed by atoms with Crippen LogP contribution in [0.3, 0.4) is 0 Å². The summed E-state index contributed by atoms with van der Waals surface area (Å²) in [6, 6.07) is 8.30. The van der Waals surface area contributed by atoms with Gasteiger partial charge in [0, 0.05) is 52.3 Å². The summed E-state index contributed by atoms with van der Waals surface area (Å²) < 4.78 is 7.08. The highest BCUT2D eigenvalue weighted by molar-refractivity contribution is 5.81. The minimum absolute atomic E-state index is 0.0729. The smallest absolute Gasteiger partial charge is 0.223 e. The number of carbonyl (C=O) groups excluding carboxylic acids is 1. The lowest BCUT2D eigenvalue weighted by molar-refractivity contribution is -0.130. The number of benzene rings is 1. The molecule has 1 spiro atoms. The molecule has 2 aliphatic rings. The van der Waals surface area contributed by atoms with Gasteiger partial charge in [-0.3, -0.25) is 14.4 Å².